The molecule has 0 fully saturated rings. The van der Waals surface area contributed by atoms with Crippen molar-refractivity contribution in [3.8, 4) is 0 Å². The fourth-order valence-electron chi connectivity index (χ4n) is 1.90. The Hall–Kier alpha value is -1.59. The van der Waals surface area contributed by atoms with E-state index >= 15 is 0 Å². The van der Waals surface area contributed by atoms with E-state index in [0.717, 1.165) is 0 Å². The van der Waals surface area contributed by atoms with Crippen LogP contribution in [0.3, 0.4) is 0 Å². The second-order valence-electron chi connectivity index (χ2n) is 5.08. The quantitative estimate of drug-likeness (QED) is 0.774. The van der Waals surface area contributed by atoms with E-state index in [9.17, 15) is 9.59 Å². The highest BCUT2D eigenvalue weighted by Gasteiger charge is 2.13. The van der Waals surface area contributed by atoms with Crippen LogP contribution in [0, 0.1) is 0 Å². The average Bonchev–Trinajstić information content (AvgIpc) is 2.37. The van der Waals surface area contributed by atoms with Crippen LogP contribution in [0.25, 0.3) is 0 Å². The summed E-state index contributed by atoms with van der Waals surface area (Å²) in [4.78, 5) is 24.5. The van der Waals surface area contributed by atoms with Crippen molar-refractivity contribution in [2.75, 3.05) is 18.4 Å². The SMILES string of the molecule is CC(C)N(CCC(=O)O)CCC(=O)Nc1cccc(Cl)c1. The van der Waals surface area contributed by atoms with Gasteiger partial charge >= 0.3 is 5.97 Å². The lowest BCUT2D eigenvalue weighted by molar-refractivity contribution is -0.137. The fourth-order valence-corrected chi connectivity index (χ4v) is 2.09. The smallest absolute Gasteiger partial charge is 0.304 e. The minimum atomic E-state index is -0.830. The number of anilines is 1. The summed E-state index contributed by atoms with van der Waals surface area (Å²) in [6, 6.07) is 7.16. The zero-order chi connectivity index (χ0) is 15.8. The third-order valence-corrected chi connectivity index (χ3v) is 3.31. The molecule has 21 heavy (non-hydrogen) atoms. The van der Waals surface area contributed by atoms with E-state index < -0.39 is 5.97 Å². The molecular weight excluding hydrogens is 292 g/mol. The molecule has 0 bridgehead atoms. The highest BCUT2D eigenvalue weighted by Crippen LogP contribution is 2.15. The first-order valence-corrected chi connectivity index (χ1v) is 7.27. The van der Waals surface area contributed by atoms with E-state index in [-0.39, 0.29) is 18.4 Å². The predicted molar refractivity (Wildman–Crippen MR) is 83.7 cm³/mol. The molecule has 0 aliphatic rings. The van der Waals surface area contributed by atoms with Gasteiger partial charge in [0, 0.05) is 36.3 Å². The summed E-state index contributed by atoms with van der Waals surface area (Å²) in [5.74, 6) is -0.942. The van der Waals surface area contributed by atoms with Crippen LogP contribution >= 0.6 is 11.6 Å². The van der Waals surface area contributed by atoms with E-state index in [1.54, 1.807) is 24.3 Å². The Bertz CT molecular complexity index is 492. The van der Waals surface area contributed by atoms with Crippen LogP contribution in [0.4, 0.5) is 5.69 Å². The Morgan fingerprint density at radius 2 is 1.95 bits per heavy atom. The minimum absolute atomic E-state index is 0.0775. The molecule has 1 amide bonds. The van der Waals surface area contributed by atoms with Gasteiger partial charge in [-0.15, -0.1) is 0 Å². The molecule has 0 spiro atoms. The molecule has 0 saturated carbocycles. The maximum absolute atomic E-state index is 11.9. The normalized spacial score (nSPS) is 10.9. The highest BCUT2D eigenvalue weighted by atomic mass is 35.5. The van der Waals surface area contributed by atoms with Gasteiger partial charge in [-0.05, 0) is 32.0 Å². The third kappa shape index (κ3) is 7.11. The number of halogens is 1. The summed E-state index contributed by atoms with van der Waals surface area (Å²) in [5.41, 5.74) is 0.661. The number of carbonyl (C=O) groups excluding carboxylic acids is 1. The molecule has 0 unspecified atom stereocenters. The van der Waals surface area contributed by atoms with Gasteiger partial charge in [0.15, 0.2) is 0 Å². The zero-order valence-electron chi connectivity index (χ0n) is 12.3. The van der Waals surface area contributed by atoms with Crippen molar-refractivity contribution in [2.45, 2.75) is 32.7 Å². The second kappa shape index (κ2) is 8.64. The van der Waals surface area contributed by atoms with Crippen LogP contribution in [0.2, 0.25) is 5.02 Å². The number of carboxylic acid groups (broad SMARTS) is 1. The summed E-state index contributed by atoms with van der Waals surface area (Å²) in [6.07, 6.45) is 0.387. The predicted octanol–water partition coefficient (Wildman–Crippen LogP) is 2.85. The number of benzene rings is 1. The summed E-state index contributed by atoms with van der Waals surface area (Å²) in [6.45, 7) is 4.93. The Balaban J connectivity index is 2.44. The van der Waals surface area contributed by atoms with E-state index in [4.69, 9.17) is 16.7 Å². The molecule has 116 valence electrons. The molecule has 1 rings (SSSR count). The maximum atomic E-state index is 11.9. The molecule has 0 aromatic heterocycles. The molecule has 0 atom stereocenters. The van der Waals surface area contributed by atoms with Gasteiger partial charge in [-0.2, -0.15) is 0 Å². The number of carboxylic acids is 1. The molecule has 0 radical (unpaired) electrons. The number of nitrogens with zero attached hydrogens (tertiary/aromatic N) is 1. The summed E-state index contributed by atoms with van der Waals surface area (Å²) in [7, 11) is 0. The van der Waals surface area contributed by atoms with Gasteiger partial charge in [-0.1, -0.05) is 17.7 Å². The van der Waals surface area contributed by atoms with E-state index in [2.05, 4.69) is 5.32 Å². The number of hydrogen-bond acceptors (Lipinski definition) is 3. The molecule has 1 aromatic carbocycles. The van der Waals surface area contributed by atoms with Crippen LogP contribution < -0.4 is 5.32 Å². The van der Waals surface area contributed by atoms with Gasteiger partial charge in [0.1, 0.15) is 0 Å². The van der Waals surface area contributed by atoms with Crippen LogP contribution in [-0.4, -0.2) is 41.0 Å². The zero-order valence-corrected chi connectivity index (χ0v) is 13.1. The van der Waals surface area contributed by atoms with Crippen molar-refractivity contribution in [1.82, 2.24) is 4.90 Å². The van der Waals surface area contributed by atoms with Crippen molar-refractivity contribution < 1.29 is 14.7 Å². The van der Waals surface area contributed by atoms with E-state index in [1.165, 1.54) is 0 Å². The Labute approximate surface area is 129 Å². The molecule has 0 heterocycles. The Morgan fingerprint density at radius 1 is 1.29 bits per heavy atom. The number of aliphatic carboxylic acids is 1. The average molecular weight is 313 g/mol. The van der Waals surface area contributed by atoms with Crippen LogP contribution in [0.1, 0.15) is 26.7 Å². The van der Waals surface area contributed by atoms with Gasteiger partial charge in [-0.25, -0.2) is 0 Å². The lowest BCUT2D eigenvalue weighted by Crippen LogP contribution is -2.35. The first-order chi connectivity index (χ1) is 9.88. The number of hydrogen-bond donors (Lipinski definition) is 2. The summed E-state index contributed by atoms with van der Waals surface area (Å²) >= 11 is 5.85. The maximum Gasteiger partial charge on any atom is 0.304 e. The fraction of sp³-hybridized carbons (Fsp3) is 0.467. The third-order valence-electron chi connectivity index (χ3n) is 3.08. The number of rotatable bonds is 8. The summed E-state index contributed by atoms with van der Waals surface area (Å²) < 4.78 is 0. The van der Waals surface area contributed by atoms with Crippen molar-refractivity contribution in [2.24, 2.45) is 0 Å². The molecular formula is C15H21ClN2O3. The molecule has 0 aliphatic heterocycles. The largest absolute Gasteiger partial charge is 0.481 e. The second-order valence-corrected chi connectivity index (χ2v) is 5.52. The van der Waals surface area contributed by atoms with Gasteiger partial charge in [0.05, 0.1) is 6.42 Å². The first kappa shape index (κ1) is 17.5. The molecule has 0 aliphatic carbocycles. The minimum Gasteiger partial charge on any atom is -0.481 e. The lowest BCUT2D eigenvalue weighted by Gasteiger charge is -2.25. The van der Waals surface area contributed by atoms with Gasteiger partial charge in [-0.3, -0.25) is 14.5 Å². The van der Waals surface area contributed by atoms with Crippen LogP contribution in [0.5, 0.6) is 0 Å². The van der Waals surface area contributed by atoms with Crippen molar-refractivity contribution in [1.29, 1.82) is 0 Å². The van der Waals surface area contributed by atoms with E-state index in [1.807, 2.05) is 18.7 Å². The van der Waals surface area contributed by atoms with Crippen LogP contribution in [-0.2, 0) is 9.59 Å². The molecule has 6 heteroatoms. The standard InChI is InChI=1S/C15H21ClN2O3/c1-11(2)18(9-7-15(20)21)8-6-14(19)17-13-5-3-4-12(16)10-13/h3-5,10-11H,6-9H2,1-2H3,(H,17,19)(H,20,21). The van der Waals surface area contributed by atoms with Crippen LogP contribution in [0.15, 0.2) is 24.3 Å². The van der Waals surface area contributed by atoms with Gasteiger partial charge < -0.3 is 10.4 Å². The van der Waals surface area contributed by atoms with Gasteiger partial charge in [0.2, 0.25) is 5.91 Å². The monoisotopic (exact) mass is 312 g/mol. The number of amides is 1. The Morgan fingerprint density at radius 3 is 2.52 bits per heavy atom. The van der Waals surface area contributed by atoms with E-state index in [0.29, 0.717) is 30.2 Å². The highest BCUT2D eigenvalue weighted by molar-refractivity contribution is 6.30. The first-order valence-electron chi connectivity index (χ1n) is 6.89. The number of carbonyl (C=O) groups is 2. The lowest BCUT2D eigenvalue weighted by atomic mass is 10.2. The topological polar surface area (TPSA) is 69.6 Å². The van der Waals surface area contributed by atoms with Crippen molar-refractivity contribution in [3.05, 3.63) is 29.3 Å². The molecule has 0 saturated heterocycles. The molecule has 1 aromatic rings. The Kier molecular flexibility index (Phi) is 7.19. The number of nitrogens with one attached hydrogen (secondary N) is 1. The molecule has 5 nitrogen and oxygen atoms in total. The van der Waals surface area contributed by atoms with Crippen molar-refractivity contribution >= 4 is 29.2 Å². The van der Waals surface area contributed by atoms with Gasteiger partial charge in [0.25, 0.3) is 0 Å². The molecule has 2 N–H and O–H groups in total. The van der Waals surface area contributed by atoms with Crippen molar-refractivity contribution in [3.63, 3.8) is 0 Å². The summed E-state index contributed by atoms with van der Waals surface area (Å²) in [5, 5.41) is 12.1.